The molecular weight excluding hydrogens is 376 g/mol. The number of nitrogens with two attached hydrogens (primary N) is 1. The first-order valence-corrected chi connectivity index (χ1v) is 7.83. The minimum atomic E-state index is -0.547. The summed E-state index contributed by atoms with van der Waals surface area (Å²) >= 11 is 3.31. The van der Waals surface area contributed by atoms with Crippen LogP contribution >= 0.6 is 15.9 Å². The first kappa shape index (κ1) is 17.7. The van der Waals surface area contributed by atoms with Gasteiger partial charge in [-0.15, -0.1) is 0 Å². The van der Waals surface area contributed by atoms with Crippen LogP contribution in [0.25, 0.3) is 0 Å². The third-order valence-corrected chi connectivity index (χ3v) is 3.61. The summed E-state index contributed by atoms with van der Waals surface area (Å²) in [7, 11) is 0. The molecule has 0 saturated heterocycles. The molecule has 0 heterocycles. The Balaban J connectivity index is 1.78. The molecule has 0 aliphatic heterocycles. The summed E-state index contributed by atoms with van der Waals surface area (Å²) in [6.07, 6.45) is 0.0911. The number of nitrogens with one attached hydrogen (secondary N) is 1. The third-order valence-electron chi connectivity index (χ3n) is 3.08. The minimum Gasteiger partial charge on any atom is -0.455 e. The van der Waals surface area contributed by atoms with E-state index in [0.29, 0.717) is 11.3 Å². The normalized spacial score (nSPS) is 10.0. The number of rotatable bonds is 6. The molecule has 3 N–H and O–H groups in total. The fourth-order valence-electron chi connectivity index (χ4n) is 1.88. The first-order chi connectivity index (χ1) is 11.4. The number of halogens is 1. The maximum absolute atomic E-state index is 11.7. The van der Waals surface area contributed by atoms with E-state index in [1.807, 2.05) is 12.1 Å². The number of ether oxygens (including phenoxy) is 1. The van der Waals surface area contributed by atoms with Gasteiger partial charge < -0.3 is 15.8 Å². The minimum absolute atomic E-state index is 0.0911. The van der Waals surface area contributed by atoms with E-state index in [-0.39, 0.29) is 13.0 Å². The Hall–Kier alpha value is -2.67. The Labute approximate surface area is 147 Å². The van der Waals surface area contributed by atoms with Gasteiger partial charge in [-0.05, 0) is 42.0 Å². The summed E-state index contributed by atoms with van der Waals surface area (Å²) in [6.45, 7) is -0.382. The smallest absolute Gasteiger partial charge is 0.310 e. The lowest BCUT2D eigenvalue weighted by Gasteiger charge is -2.07. The monoisotopic (exact) mass is 390 g/mol. The van der Waals surface area contributed by atoms with Gasteiger partial charge in [-0.3, -0.25) is 14.4 Å². The summed E-state index contributed by atoms with van der Waals surface area (Å²) in [4.78, 5) is 34.4. The lowest BCUT2D eigenvalue weighted by molar-refractivity contribution is -0.146. The Bertz CT molecular complexity index is 742. The molecular formula is C17H15BrN2O4. The number of amides is 2. The second-order valence-corrected chi connectivity index (χ2v) is 5.87. The number of primary amides is 1. The van der Waals surface area contributed by atoms with Crippen LogP contribution in [0.3, 0.4) is 0 Å². The predicted octanol–water partition coefficient (Wildman–Crippen LogP) is 2.27. The van der Waals surface area contributed by atoms with Crippen LogP contribution in [0.4, 0.5) is 5.69 Å². The molecule has 0 bridgehead atoms. The van der Waals surface area contributed by atoms with Crippen LogP contribution in [0.1, 0.15) is 15.9 Å². The number of anilines is 1. The van der Waals surface area contributed by atoms with Crippen LogP contribution in [0.2, 0.25) is 0 Å². The molecule has 2 aromatic carbocycles. The van der Waals surface area contributed by atoms with Gasteiger partial charge in [-0.25, -0.2) is 0 Å². The van der Waals surface area contributed by atoms with Gasteiger partial charge in [0.25, 0.3) is 5.91 Å². The number of carbonyl (C=O) groups excluding carboxylic acids is 3. The van der Waals surface area contributed by atoms with Crippen LogP contribution < -0.4 is 11.1 Å². The molecule has 0 unspecified atom stereocenters. The van der Waals surface area contributed by atoms with Crippen LogP contribution in [0.5, 0.6) is 0 Å². The van der Waals surface area contributed by atoms with E-state index in [1.54, 1.807) is 24.3 Å². The molecule has 0 aliphatic rings. The highest BCUT2D eigenvalue weighted by molar-refractivity contribution is 9.10. The molecule has 6 nitrogen and oxygen atoms in total. The van der Waals surface area contributed by atoms with E-state index >= 15 is 0 Å². The van der Waals surface area contributed by atoms with Gasteiger partial charge in [0, 0.05) is 15.7 Å². The number of carbonyl (C=O) groups is 3. The van der Waals surface area contributed by atoms with Crippen molar-refractivity contribution in [3.8, 4) is 0 Å². The van der Waals surface area contributed by atoms with Gasteiger partial charge in [0.15, 0.2) is 6.61 Å². The second kappa shape index (κ2) is 8.26. The Kier molecular flexibility index (Phi) is 6.08. The van der Waals surface area contributed by atoms with Gasteiger partial charge in [-0.2, -0.15) is 0 Å². The fourth-order valence-corrected chi connectivity index (χ4v) is 2.15. The van der Waals surface area contributed by atoms with E-state index in [1.165, 1.54) is 12.1 Å². The van der Waals surface area contributed by atoms with Crippen molar-refractivity contribution >= 4 is 39.4 Å². The molecule has 0 aromatic heterocycles. The van der Waals surface area contributed by atoms with Gasteiger partial charge in [0.2, 0.25) is 5.91 Å². The molecule has 7 heteroatoms. The molecule has 0 radical (unpaired) electrons. The second-order valence-electron chi connectivity index (χ2n) is 4.95. The zero-order chi connectivity index (χ0) is 17.5. The first-order valence-electron chi connectivity index (χ1n) is 7.04. The summed E-state index contributed by atoms with van der Waals surface area (Å²) in [5.74, 6) is -1.50. The Morgan fingerprint density at radius 2 is 1.62 bits per heavy atom. The van der Waals surface area contributed by atoms with Crippen LogP contribution in [-0.4, -0.2) is 24.4 Å². The highest BCUT2D eigenvalue weighted by Gasteiger charge is 2.09. The average Bonchev–Trinajstić information content (AvgIpc) is 2.55. The molecule has 2 amide bonds. The van der Waals surface area contributed by atoms with Crippen LogP contribution in [-0.2, 0) is 20.7 Å². The topological polar surface area (TPSA) is 98.5 Å². The third kappa shape index (κ3) is 5.51. The van der Waals surface area contributed by atoms with Crippen LogP contribution in [0, 0.1) is 0 Å². The highest BCUT2D eigenvalue weighted by Crippen LogP contribution is 2.11. The quantitative estimate of drug-likeness (QED) is 0.738. The Morgan fingerprint density at radius 1 is 1.00 bits per heavy atom. The Morgan fingerprint density at radius 3 is 2.21 bits per heavy atom. The van der Waals surface area contributed by atoms with Crippen molar-refractivity contribution in [2.45, 2.75) is 6.42 Å². The number of hydrogen-bond donors (Lipinski definition) is 2. The van der Waals surface area contributed by atoms with E-state index < -0.39 is 17.8 Å². The number of hydrogen-bond acceptors (Lipinski definition) is 4. The van der Waals surface area contributed by atoms with Crippen molar-refractivity contribution in [3.63, 3.8) is 0 Å². The predicted molar refractivity (Wildman–Crippen MR) is 92.4 cm³/mol. The molecule has 0 spiro atoms. The van der Waals surface area contributed by atoms with Crippen molar-refractivity contribution in [2.75, 3.05) is 11.9 Å². The standard InChI is InChI=1S/C17H15BrN2O4/c18-13-5-1-11(2-6-13)9-16(22)24-10-15(21)20-14-7-3-12(4-8-14)17(19)23/h1-8H,9-10H2,(H2,19,23)(H,20,21). The largest absolute Gasteiger partial charge is 0.455 e. The molecule has 0 atom stereocenters. The lowest BCUT2D eigenvalue weighted by Crippen LogP contribution is -2.21. The number of esters is 1. The molecule has 0 aliphatic carbocycles. The summed E-state index contributed by atoms with van der Waals surface area (Å²) in [6, 6.07) is 13.3. The summed E-state index contributed by atoms with van der Waals surface area (Å²) in [5.41, 5.74) is 6.75. The maximum Gasteiger partial charge on any atom is 0.310 e. The van der Waals surface area contributed by atoms with Crippen LogP contribution in [0.15, 0.2) is 53.0 Å². The van der Waals surface area contributed by atoms with Gasteiger partial charge in [0.1, 0.15) is 0 Å². The zero-order valence-corrected chi connectivity index (χ0v) is 14.2. The van der Waals surface area contributed by atoms with E-state index in [2.05, 4.69) is 21.2 Å². The molecule has 24 heavy (non-hydrogen) atoms. The fraction of sp³-hybridized carbons (Fsp3) is 0.118. The highest BCUT2D eigenvalue weighted by atomic mass is 79.9. The molecule has 2 rings (SSSR count). The van der Waals surface area contributed by atoms with E-state index in [4.69, 9.17) is 10.5 Å². The molecule has 2 aromatic rings. The van der Waals surface area contributed by atoms with Crippen molar-refractivity contribution in [2.24, 2.45) is 5.73 Å². The zero-order valence-electron chi connectivity index (χ0n) is 12.6. The number of benzene rings is 2. The van der Waals surface area contributed by atoms with Crippen molar-refractivity contribution in [1.29, 1.82) is 0 Å². The molecule has 0 saturated carbocycles. The van der Waals surface area contributed by atoms with Gasteiger partial charge in [0.05, 0.1) is 6.42 Å². The van der Waals surface area contributed by atoms with Crippen molar-refractivity contribution in [3.05, 3.63) is 64.1 Å². The average molecular weight is 391 g/mol. The van der Waals surface area contributed by atoms with E-state index in [0.717, 1.165) is 10.0 Å². The summed E-state index contributed by atoms with van der Waals surface area (Å²) < 4.78 is 5.85. The lowest BCUT2D eigenvalue weighted by atomic mass is 10.2. The molecule has 0 fully saturated rings. The summed E-state index contributed by atoms with van der Waals surface area (Å²) in [5, 5.41) is 2.56. The van der Waals surface area contributed by atoms with Crippen molar-refractivity contribution in [1.82, 2.24) is 0 Å². The maximum atomic E-state index is 11.7. The van der Waals surface area contributed by atoms with Crippen molar-refractivity contribution < 1.29 is 19.1 Å². The van der Waals surface area contributed by atoms with Gasteiger partial charge in [-0.1, -0.05) is 28.1 Å². The van der Waals surface area contributed by atoms with Gasteiger partial charge >= 0.3 is 5.97 Å². The molecule has 124 valence electrons. The van der Waals surface area contributed by atoms with E-state index in [9.17, 15) is 14.4 Å². The SMILES string of the molecule is NC(=O)c1ccc(NC(=O)COC(=O)Cc2ccc(Br)cc2)cc1.